The Morgan fingerprint density at radius 3 is 2.29 bits per heavy atom. The summed E-state index contributed by atoms with van der Waals surface area (Å²) >= 11 is 0. The minimum atomic E-state index is 0. The Balaban J connectivity index is 0.00000144. The van der Waals surface area contributed by atoms with E-state index < -0.39 is 0 Å². The van der Waals surface area contributed by atoms with Crippen molar-refractivity contribution in [2.45, 2.75) is 57.4 Å². The Hall–Kier alpha value is -0.280. The zero-order valence-electron chi connectivity index (χ0n) is 10.6. The first-order valence-corrected chi connectivity index (χ1v) is 6.87. The SMILES string of the molecule is Cl.O=C(CC1CCCN1)N1CCCCCCC1. The third-order valence-electron chi connectivity index (χ3n) is 3.79. The maximum absolute atomic E-state index is 12.1. The number of carbonyl (C=O) groups is 1. The highest BCUT2D eigenvalue weighted by atomic mass is 35.5. The lowest BCUT2D eigenvalue weighted by Crippen LogP contribution is -2.37. The molecule has 0 aromatic carbocycles. The van der Waals surface area contributed by atoms with Gasteiger partial charge in [-0.05, 0) is 32.2 Å². The highest BCUT2D eigenvalue weighted by Crippen LogP contribution is 2.14. The molecule has 2 aliphatic rings. The fraction of sp³-hybridized carbons (Fsp3) is 0.923. The van der Waals surface area contributed by atoms with E-state index in [9.17, 15) is 4.79 Å². The van der Waals surface area contributed by atoms with Crippen molar-refractivity contribution in [1.82, 2.24) is 10.2 Å². The normalized spacial score (nSPS) is 25.9. The van der Waals surface area contributed by atoms with Crippen molar-refractivity contribution < 1.29 is 4.79 Å². The summed E-state index contributed by atoms with van der Waals surface area (Å²) in [6, 6.07) is 0.456. The van der Waals surface area contributed by atoms with Crippen LogP contribution in [0.5, 0.6) is 0 Å². The van der Waals surface area contributed by atoms with Gasteiger partial charge < -0.3 is 10.2 Å². The molecule has 2 saturated heterocycles. The van der Waals surface area contributed by atoms with Gasteiger partial charge in [-0.25, -0.2) is 0 Å². The molecule has 2 aliphatic heterocycles. The molecule has 0 radical (unpaired) electrons. The van der Waals surface area contributed by atoms with Gasteiger partial charge in [-0.2, -0.15) is 0 Å². The number of halogens is 1. The van der Waals surface area contributed by atoms with Gasteiger partial charge in [0.15, 0.2) is 0 Å². The molecule has 17 heavy (non-hydrogen) atoms. The summed E-state index contributed by atoms with van der Waals surface area (Å²) in [6.45, 7) is 3.08. The maximum Gasteiger partial charge on any atom is 0.224 e. The molecule has 2 heterocycles. The van der Waals surface area contributed by atoms with Crippen LogP contribution in [0, 0.1) is 0 Å². The molecular weight excluding hydrogens is 236 g/mol. The molecule has 0 aliphatic carbocycles. The molecule has 0 saturated carbocycles. The van der Waals surface area contributed by atoms with Crippen LogP contribution < -0.4 is 5.32 Å². The number of likely N-dealkylation sites (tertiary alicyclic amines) is 1. The summed E-state index contributed by atoms with van der Waals surface area (Å²) in [5.74, 6) is 0.376. The molecule has 1 atom stereocenters. The average molecular weight is 261 g/mol. The minimum absolute atomic E-state index is 0. The Morgan fingerprint density at radius 1 is 1.06 bits per heavy atom. The number of nitrogens with one attached hydrogen (secondary N) is 1. The molecule has 0 bridgehead atoms. The summed E-state index contributed by atoms with van der Waals surface area (Å²) in [5, 5.41) is 3.41. The molecule has 1 amide bonds. The van der Waals surface area contributed by atoms with Crippen molar-refractivity contribution in [1.29, 1.82) is 0 Å². The Bertz CT molecular complexity index is 221. The maximum atomic E-state index is 12.1. The summed E-state index contributed by atoms with van der Waals surface area (Å²) in [7, 11) is 0. The number of nitrogens with zero attached hydrogens (tertiary/aromatic N) is 1. The van der Waals surface area contributed by atoms with Gasteiger partial charge in [-0.15, -0.1) is 12.4 Å². The molecule has 0 aromatic heterocycles. The van der Waals surface area contributed by atoms with Gasteiger partial charge in [-0.1, -0.05) is 19.3 Å². The van der Waals surface area contributed by atoms with Gasteiger partial charge in [0.2, 0.25) is 5.91 Å². The predicted molar refractivity (Wildman–Crippen MR) is 72.6 cm³/mol. The standard InChI is InChI=1S/C13H24N2O.ClH/c16-13(11-12-7-6-8-14-12)15-9-4-2-1-3-5-10-15;/h12,14H,1-11H2;1H. The molecule has 4 heteroatoms. The first kappa shape index (κ1) is 14.8. The van der Waals surface area contributed by atoms with Crippen molar-refractivity contribution in [3.05, 3.63) is 0 Å². The number of hydrogen-bond donors (Lipinski definition) is 1. The van der Waals surface area contributed by atoms with Crippen LogP contribution in [0.3, 0.4) is 0 Å². The van der Waals surface area contributed by atoms with Crippen LogP contribution in [0.2, 0.25) is 0 Å². The lowest BCUT2D eigenvalue weighted by molar-refractivity contribution is -0.132. The van der Waals surface area contributed by atoms with Crippen molar-refractivity contribution in [3.8, 4) is 0 Å². The predicted octanol–water partition coefficient (Wildman–Crippen LogP) is 2.34. The van der Waals surface area contributed by atoms with Gasteiger partial charge in [0, 0.05) is 25.6 Å². The van der Waals surface area contributed by atoms with Crippen LogP contribution in [0.15, 0.2) is 0 Å². The molecule has 1 N–H and O–H groups in total. The van der Waals surface area contributed by atoms with E-state index in [0.29, 0.717) is 11.9 Å². The van der Waals surface area contributed by atoms with E-state index in [1.54, 1.807) is 0 Å². The second kappa shape index (κ2) is 7.93. The highest BCUT2D eigenvalue weighted by Gasteiger charge is 2.21. The average Bonchev–Trinajstić information content (AvgIpc) is 2.69. The van der Waals surface area contributed by atoms with Crippen molar-refractivity contribution >= 4 is 18.3 Å². The largest absolute Gasteiger partial charge is 0.343 e. The Morgan fingerprint density at radius 2 is 1.71 bits per heavy atom. The molecular formula is C13H25ClN2O. The number of carbonyl (C=O) groups excluding carboxylic acids is 1. The van der Waals surface area contributed by atoms with E-state index in [1.807, 2.05) is 0 Å². The van der Waals surface area contributed by atoms with E-state index in [2.05, 4.69) is 10.2 Å². The van der Waals surface area contributed by atoms with Crippen molar-refractivity contribution in [3.63, 3.8) is 0 Å². The van der Waals surface area contributed by atoms with Gasteiger partial charge in [-0.3, -0.25) is 4.79 Å². The lowest BCUT2D eigenvalue weighted by Gasteiger charge is -2.26. The molecule has 100 valence electrons. The van der Waals surface area contributed by atoms with E-state index in [4.69, 9.17) is 0 Å². The first-order chi connectivity index (χ1) is 7.86. The molecule has 3 nitrogen and oxygen atoms in total. The van der Waals surface area contributed by atoms with Crippen LogP contribution in [-0.2, 0) is 4.79 Å². The zero-order valence-corrected chi connectivity index (χ0v) is 11.4. The molecule has 2 fully saturated rings. The van der Waals surface area contributed by atoms with E-state index >= 15 is 0 Å². The van der Waals surface area contributed by atoms with Gasteiger partial charge in [0.05, 0.1) is 0 Å². The van der Waals surface area contributed by atoms with Crippen LogP contribution in [-0.4, -0.2) is 36.5 Å². The number of rotatable bonds is 2. The second-order valence-electron chi connectivity index (χ2n) is 5.15. The van der Waals surface area contributed by atoms with Crippen LogP contribution in [0.4, 0.5) is 0 Å². The summed E-state index contributed by atoms with van der Waals surface area (Å²) in [5.41, 5.74) is 0. The minimum Gasteiger partial charge on any atom is -0.343 e. The number of hydrogen-bond acceptors (Lipinski definition) is 2. The zero-order chi connectivity index (χ0) is 11.2. The fourth-order valence-corrected chi connectivity index (χ4v) is 2.77. The van der Waals surface area contributed by atoms with Crippen molar-refractivity contribution in [2.24, 2.45) is 0 Å². The topological polar surface area (TPSA) is 32.3 Å². The third kappa shape index (κ3) is 4.84. The van der Waals surface area contributed by atoms with Crippen LogP contribution in [0.1, 0.15) is 51.4 Å². The quantitative estimate of drug-likeness (QED) is 0.827. The molecule has 0 aromatic rings. The van der Waals surface area contributed by atoms with Crippen molar-refractivity contribution in [2.75, 3.05) is 19.6 Å². The lowest BCUT2D eigenvalue weighted by atomic mass is 10.1. The summed E-state index contributed by atoms with van der Waals surface area (Å²) < 4.78 is 0. The first-order valence-electron chi connectivity index (χ1n) is 6.87. The van der Waals surface area contributed by atoms with Gasteiger partial charge in [0.25, 0.3) is 0 Å². The Labute approximate surface area is 111 Å². The Kier molecular flexibility index (Phi) is 6.90. The van der Waals surface area contributed by atoms with E-state index in [-0.39, 0.29) is 12.4 Å². The summed E-state index contributed by atoms with van der Waals surface area (Å²) in [4.78, 5) is 14.2. The van der Waals surface area contributed by atoms with Crippen LogP contribution >= 0.6 is 12.4 Å². The number of amides is 1. The molecule has 2 rings (SSSR count). The van der Waals surface area contributed by atoms with Gasteiger partial charge in [0.1, 0.15) is 0 Å². The smallest absolute Gasteiger partial charge is 0.224 e. The fourth-order valence-electron chi connectivity index (χ4n) is 2.77. The van der Waals surface area contributed by atoms with E-state index in [0.717, 1.165) is 26.1 Å². The third-order valence-corrected chi connectivity index (χ3v) is 3.79. The van der Waals surface area contributed by atoms with Crippen LogP contribution in [0.25, 0.3) is 0 Å². The molecule has 1 unspecified atom stereocenters. The highest BCUT2D eigenvalue weighted by molar-refractivity contribution is 5.85. The monoisotopic (exact) mass is 260 g/mol. The summed E-state index contributed by atoms with van der Waals surface area (Å²) in [6.07, 6.45) is 9.48. The van der Waals surface area contributed by atoms with E-state index in [1.165, 1.54) is 44.9 Å². The second-order valence-corrected chi connectivity index (χ2v) is 5.15. The van der Waals surface area contributed by atoms with Gasteiger partial charge >= 0.3 is 0 Å². The molecule has 0 spiro atoms.